The first-order valence-corrected chi connectivity index (χ1v) is 4.28. The summed E-state index contributed by atoms with van der Waals surface area (Å²) in [7, 11) is 0. The van der Waals surface area contributed by atoms with Gasteiger partial charge in [-0.2, -0.15) is 0 Å². The first kappa shape index (κ1) is 7.82. The number of hydrogen-bond donors (Lipinski definition) is 1. The van der Waals surface area contributed by atoms with Crippen LogP contribution in [0.2, 0.25) is 5.28 Å². The van der Waals surface area contributed by atoms with E-state index in [1.54, 1.807) is 12.1 Å². The van der Waals surface area contributed by atoms with E-state index in [1.807, 2.05) is 0 Å². The molecule has 12 heavy (non-hydrogen) atoms. The van der Waals surface area contributed by atoms with E-state index in [1.165, 1.54) is 4.52 Å². The van der Waals surface area contributed by atoms with Crippen LogP contribution >= 0.6 is 27.5 Å². The molecule has 0 saturated heterocycles. The highest BCUT2D eigenvalue weighted by molar-refractivity contribution is 9.10. The fraction of sp³-hybridized carbons (Fsp3) is 0. The predicted octanol–water partition coefficient (Wildman–Crippen LogP) is 1.44. The van der Waals surface area contributed by atoms with Crippen LogP contribution in [0.15, 0.2) is 21.5 Å². The van der Waals surface area contributed by atoms with Crippen molar-refractivity contribution in [2.24, 2.45) is 0 Å². The third kappa shape index (κ3) is 1.05. The molecule has 0 amide bonds. The Morgan fingerprint density at radius 3 is 3.08 bits per heavy atom. The number of fused-ring (bicyclic) bond motifs is 1. The molecule has 0 spiro atoms. The van der Waals surface area contributed by atoms with E-state index in [0.29, 0.717) is 10.1 Å². The number of aromatic nitrogens is 3. The van der Waals surface area contributed by atoms with Crippen LogP contribution < -0.4 is 5.56 Å². The highest BCUT2D eigenvalue weighted by Crippen LogP contribution is 2.11. The lowest BCUT2D eigenvalue weighted by Gasteiger charge is -1.94. The van der Waals surface area contributed by atoms with Gasteiger partial charge in [-0.1, -0.05) is 0 Å². The summed E-state index contributed by atoms with van der Waals surface area (Å²) in [6.45, 7) is 0. The zero-order valence-electron chi connectivity index (χ0n) is 5.71. The van der Waals surface area contributed by atoms with Gasteiger partial charge in [-0.25, -0.2) is 4.52 Å². The fourth-order valence-electron chi connectivity index (χ4n) is 0.948. The van der Waals surface area contributed by atoms with Crippen LogP contribution in [0.3, 0.4) is 0 Å². The van der Waals surface area contributed by atoms with Crippen LogP contribution in [0.1, 0.15) is 0 Å². The molecule has 0 aliphatic carbocycles. The van der Waals surface area contributed by atoms with E-state index in [-0.39, 0.29) is 10.8 Å². The van der Waals surface area contributed by atoms with Crippen LogP contribution in [0.4, 0.5) is 0 Å². The van der Waals surface area contributed by atoms with Crippen molar-refractivity contribution in [3.8, 4) is 0 Å². The predicted molar refractivity (Wildman–Crippen MR) is 48.5 cm³/mol. The first-order valence-electron chi connectivity index (χ1n) is 3.11. The highest BCUT2D eigenvalue weighted by atomic mass is 79.9. The Hall–Kier alpha value is -0.810. The minimum absolute atomic E-state index is 0.0735. The van der Waals surface area contributed by atoms with Gasteiger partial charge in [0.2, 0.25) is 5.28 Å². The van der Waals surface area contributed by atoms with E-state index in [4.69, 9.17) is 11.6 Å². The smallest absolute Gasteiger partial charge is 0.276 e. The Bertz CT molecular complexity index is 489. The Morgan fingerprint density at radius 2 is 2.33 bits per heavy atom. The number of H-pyrrole nitrogens is 1. The fourth-order valence-corrected chi connectivity index (χ4v) is 1.51. The summed E-state index contributed by atoms with van der Waals surface area (Å²) >= 11 is 8.77. The maximum absolute atomic E-state index is 11.2. The zero-order valence-corrected chi connectivity index (χ0v) is 8.06. The molecule has 0 saturated carbocycles. The van der Waals surface area contributed by atoms with Crippen molar-refractivity contribution >= 4 is 33.0 Å². The van der Waals surface area contributed by atoms with Gasteiger partial charge in [0.05, 0.1) is 0 Å². The van der Waals surface area contributed by atoms with Gasteiger partial charge in [-0.3, -0.25) is 9.78 Å². The Labute approximate surface area is 80.3 Å². The summed E-state index contributed by atoms with van der Waals surface area (Å²) in [4.78, 5) is 13.6. The number of rotatable bonds is 0. The molecule has 2 rings (SSSR count). The van der Waals surface area contributed by atoms with Crippen molar-refractivity contribution in [3.63, 3.8) is 0 Å². The third-order valence-electron chi connectivity index (χ3n) is 1.45. The summed E-state index contributed by atoms with van der Waals surface area (Å²) in [5.74, 6) is 0. The second kappa shape index (κ2) is 2.60. The van der Waals surface area contributed by atoms with Gasteiger partial charge in [0.25, 0.3) is 5.56 Å². The largest absolute Gasteiger partial charge is 0.294 e. The molecular formula is C6H3BrClN3O. The lowest BCUT2D eigenvalue weighted by molar-refractivity contribution is 0.873. The molecule has 0 aliphatic rings. The summed E-state index contributed by atoms with van der Waals surface area (Å²) in [5, 5.41) is 3.95. The van der Waals surface area contributed by atoms with Crippen molar-refractivity contribution in [1.29, 1.82) is 0 Å². The summed E-state index contributed by atoms with van der Waals surface area (Å²) in [6, 6.07) is 3.39. The van der Waals surface area contributed by atoms with Crippen molar-refractivity contribution in [3.05, 3.63) is 32.4 Å². The maximum atomic E-state index is 11.2. The molecule has 0 unspecified atom stereocenters. The number of nitrogens with zero attached hydrogens (tertiary/aromatic N) is 2. The minimum atomic E-state index is -0.249. The van der Waals surface area contributed by atoms with Gasteiger partial charge in [-0.15, -0.1) is 5.10 Å². The van der Waals surface area contributed by atoms with E-state index in [2.05, 4.69) is 26.0 Å². The van der Waals surface area contributed by atoms with Gasteiger partial charge < -0.3 is 0 Å². The molecule has 0 radical (unpaired) electrons. The summed E-state index contributed by atoms with van der Waals surface area (Å²) in [5.41, 5.74) is 0.215. The van der Waals surface area contributed by atoms with Crippen molar-refractivity contribution in [1.82, 2.24) is 14.6 Å². The molecule has 0 fully saturated rings. The van der Waals surface area contributed by atoms with E-state index in [0.717, 1.165) is 0 Å². The highest BCUT2D eigenvalue weighted by Gasteiger charge is 2.04. The van der Waals surface area contributed by atoms with Crippen LogP contribution in [-0.2, 0) is 0 Å². The zero-order chi connectivity index (χ0) is 8.72. The average molecular weight is 248 g/mol. The number of hydrogen-bond acceptors (Lipinski definition) is 2. The van der Waals surface area contributed by atoms with Gasteiger partial charge >= 0.3 is 0 Å². The Kier molecular flexibility index (Phi) is 1.69. The molecule has 2 aromatic heterocycles. The lowest BCUT2D eigenvalue weighted by atomic mass is 10.5. The third-order valence-corrected chi connectivity index (χ3v) is 2.22. The van der Waals surface area contributed by atoms with Gasteiger partial charge in [0, 0.05) is 0 Å². The van der Waals surface area contributed by atoms with E-state index < -0.39 is 0 Å². The minimum Gasteiger partial charge on any atom is -0.294 e. The summed E-state index contributed by atoms with van der Waals surface area (Å²) < 4.78 is 2.13. The van der Waals surface area contributed by atoms with Crippen LogP contribution in [0, 0.1) is 0 Å². The van der Waals surface area contributed by atoms with Crippen molar-refractivity contribution < 1.29 is 0 Å². The van der Waals surface area contributed by atoms with E-state index >= 15 is 0 Å². The molecule has 1 N–H and O–H groups in total. The molecule has 6 heteroatoms. The average Bonchev–Trinajstić information content (AvgIpc) is 2.33. The standard InChI is InChI=1S/C6H3BrClN3O/c7-4-2-1-3-5(12)9-6(8)10-11(3)4/h1-2H,(H,9,10,12). The van der Waals surface area contributed by atoms with E-state index in [9.17, 15) is 4.79 Å². The number of nitrogens with one attached hydrogen (secondary N) is 1. The molecule has 62 valence electrons. The SMILES string of the molecule is O=c1[nH]c(Cl)nn2c(Br)ccc12. The van der Waals surface area contributed by atoms with Gasteiger partial charge in [-0.05, 0) is 39.7 Å². The topological polar surface area (TPSA) is 50.2 Å². The number of aromatic amines is 1. The van der Waals surface area contributed by atoms with Crippen LogP contribution in [0.25, 0.3) is 5.52 Å². The van der Waals surface area contributed by atoms with Crippen molar-refractivity contribution in [2.75, 3.05) is 0 Å². The molecular weight excluding hydrogens is 245 g/mol. The molecule has 2 aromatic rings. The Balaban J connectivity index is 3.03. The van der Waals surface area contributed by atoms with Crippen LogP contribution in [-0.4, -0.2) is 14.6 Å². The Morgan fingerprint density at radius 1 is 1.58 bits per heavy atom. The first-order chi connectivity index (χ1) is 5.68. The normalized spacial score (nSPS) is 10.8. The molecule has 0 aromatic carbocycles. The molecule has 0 atom stereocenters. The lowest BCUT2D eigenvalue weighted by Crippen LogP contribution is -2.11. The second-order valence-corrected chi connectivity index (χ2v) is 3.37. The molecule has 4 nitrogen and oxygen atoms in total. The maximum Gasteiger partial charge on any atom is 0.276 e. The quantitative estimate of drug-likeness (QED) is 0.767. The molecule has 0 aliphatic heterocycles. The monoisotopic (exact) mass is 247 g/mol. The number of halogens is 2. The van der Waals surface area contributed by atoms with Crippen molar-refractivity contribution in [2.45, 2.75) is 0 Å². The second-order valence-electron chi connectivity index (χ2n) is 2.20. The van der Waals surface area contributed by atoms with Crippen LogP contribution in [0.5, 0.6) is 0 Å². The van der Waals surface area contributed by atoms with Gasteiger partial charge in [0.1, 0.15) is 10.1 Å². The van der Waals surface area contributed by atoms with Gasteiger partial charge in [0.15, 0.2) is 0 Å². The molecule has 2 heterocycles. The molecule has 0 bridgehead atoms. The summed E-state index contributed by atoms with van der Waals surface area (Å²) in [6.07, 6.45) is 0.